The van der Waals surface area contributed by atoms with Crippen LogP contribution in [0.4, 0.5) is 0 Å². The number of rotatable bonds is 3. The summed E-state index contributed by atoms with van der Waals surface area (Å²) in [7, 11) is 0. The molecule has 0 aliphatic heterocycles. The van der Waals surface area contributed by atoms with Gasteiger partial charge in [-0.1, -0.05) is 96.8 Å². The van der Waals surface area contributed by atoms with E-state index in [4.69, 9.17) is 8.22 Å². The first-order chi connectivity index (χ1) is 22.1. The fourth-order valence-electron chi connectivity index (χ4n) is 4.70. The monoisotopic (exact) mass is 711 g/mol. The first kappa shape index (κ1) is 21.3. The summed E-state index contributed by atoms with van der Waals surface area (Å²) < 4.78 is 43.6. The molecule has 0 saturated carbocycles. The Morgan fingerprint density at radius 1 is 0.585 bits per heavy atom. The molecular formula is C38H28IrN2-2. The summed E-state index contributed by atoms with van der Waals surface area (Å²) in [5.74, 6) is 0. The molecule has 3 heteroatoms. The summed E-state index contributed by atoms with van der Waals surface area (Å²) >= 11 is 0. The number of nitrogens with zero attached hydrogens (tertiary/aromatic N) is 2. The summed E-state index contributed by atoms with van der Waals surface area (Å²) in [5, 5.41) is 5.11. The zero-order chi connectivity index (χ0) is 32.3. The number of benzene rings is 5. The molecule has 0 amide bonds. The van der Waals surface area contributed by atoms with Gasteiger partial charge < -0.3 is 9.97 Å². The van der Waals surface area contributed by atoms with Crippen LogP contribution in [0, 0.1) is 25.8 Å². The molecule has 0 N–H and O–H groups in total. The van der Waals surface area contributed by atoms with Crippen molar-refractivity contribution in [2.75, 3.05) is 0 Å². The fourth-order valence-corrected chi connectivity index (χ4v) is 4.70. The Labute approximate surface area is 263 Å². The third-order valence-corrected chi connectivity index (χ3v) is 6.68. The first-order valence-corrected chi connectivity index (χ1v) is 12.9. The van der Waals surface area contributed by atoms with Crippen molar-refractivity contribution < 1.29 is 28.3 Å². The molecule has 7 aromatic rings. The zero-order valence-electron chi connectivity index (χ0n) is 27.9. The predicted molar refractivity (Wildman–Crippen MR) is 167 cm³/mol. The number of fused-ring (bicyclic) bond motifs is 3. The number of hydrogen-bond donors (Lipinski definition) is 0. The van der Waals surface area contributed by atoms with Crippen LogP contribution < -0.4 is 0 Å². The van der Waals surface area contributed by atoms with Gasteiger partial charge in [0.15, 0.2) is 0 Å². The second-order valence-corrected chi connectivity index (χ2v) is 9.32. The Kier molecular flexibility index (Phi) is 6.67. The van der Waals surface area contributed by atoms with Gasteiger partial charge in [-0.3, -0.25) is 0 Å². The molecule has 7 rings (SSSR count). The van der Waals surface area contributed by atoms with Gasteiger partial charge in [0.2, 0.25) is 0 Å². The smallest absolute Gasteiger partial charge is 0.0280 e. The van der Waals surface area contributed by atoms with Crippen molar-refractivity contribution in [1.82, 2.24) is 9.97 Å². The van der Waals surface area contributed by atoms with Crippen molar-refractivity contribution in [2.45, 2.75) is 13.7 Å². The van der Waals surface area contributed by atoms with Crippen LogP contribution in [-0.4, -0.2) is 9.97 Å². The minimum absolute atomic E-state index is 0. The molecule has 41 heavy (non-hydrogen) atoms. The van der Waals surface area contributed by atoms with Gasteiger partial charge in [0.1, 0.15) is 0 Å². The summed E-state index contributed by atoms with van der Waals surface area (Å²) in [4.78, 5) is 8.49. The van der Waals surface area contributed by atoms with Crippen LogP contribution in [0.1, 0.15) is 19.4 Å². The Balaban J connectivity index is 0.000000188. The van der Waals surface area contributed by atoms with Gasteiger partial charge in [-0.25, -0.2) is 0 Å². The Bertz CT molecular complexity index is 2040. The molecule has 0 bridgehead atoms. The van der Waals surface area contributed by atoms with E-state index < -0.39 is 13.7 Å². The number of hydrogen-bond acceptors (Lipinski definition) is 2. The summed E-state index contributed by atoms with van der Waals surface area (Å²) in [5.41, 5.74) is 5.92. The van der Waals surface area contributed by atoms with E-state index in [2.05, 4.69) is 94.9 Å². The predicted octanol–water partition coefficient (Wildman–Crippen LogP) is 9.69. The van der Waals surface area contributed by atoms with Crippen molar-refractivity contribution >= 4 is 21.5 Å². The third-order valence-electron chi connectivity index (χ3n) is 6.68. The maximum absolute atomic E-state index is 7.28. The quantitative estimate of drug-likeness (QED) is 0.135. The van der Waals surface area contributed by atoms with Crippen LogP contribution in [0.15, 0.2) is 134 Å². The van der Waals surface area contributed by atoms with Crippen LogP contribution in [0.2, 0.25) is 0 Å². The normalized spacial score (nSPS) is 13.3. The number of aromatic nitrogens is 2. The molecular weight excluding hydrogens is 677 g/mol. The number of aryl methyl sites for hydroxylation is 2. The van der Waals surface area contributed by atoms with Gasteiger partial charge in [0.05, 0.1) is 0 Å². The van der Waals surface area contributed by atoms with E-state index in [1.165, 1.54) is 57.1 Å². The van der Waals surface area contributed by atoms with Crippen LogP contribution in [0.5, 0.6) is 0 Å². The summed E-state index contributed by atoms with van der Waals surface area (Å²) in [6, 6.07) is 45.6. The molecule has 5 aromatic carbocycles. The van der Waals surface area contributed by atoms with E-state index in [0.29, 0.717) is 11.3 Å². The van der Waals surface area contributed by atoms with Gasteiger partial charge in [0.25, 0.3) is 0 Å². The van der Waals surface area contributed by atoms with Crippen LogP contribution in [0.25, 0.3) is 55.2 Å². The molecule has 0 fully saturated rings. The van der Waals surface area contributed by atoms with Crippen LogP contribution in [0.3, 0.4) is 0 Å². The van der Waals surface area contributed by atoms with E-state index >= 15 is 0 Å². The largest absolute Gasteiger partial charge is 0.305 e. The van der Waals surface area contributed by atoms with Gasteiger partial charge in [-0.05, 0) is 51.4 Å². The van der Waals surface area contributed by atoms with Gasteiger partial charge >= 0.3 is 0 Å². The average Bonchev–Trinajstić information content (AvgIpc) is 3.08. The Morgan fingerprint density at radius 2 is 1.27 bits per heavy atom. The number of pyridine rings is 2. The van der Waals surface area contributed by atoms with Gasteiger partial charge in [0, 0.05) is 40.7 Å². The molecule has 2 nitrogen and oxygen atoms in total. The second-order valence-electron chi connectivity index (χ2n) is 9.32. The van der Waals surface area contributed by atoms with E-state index in [0.717, 1.165) is 11.3 Å². The van der Waals surface area contributed by atoms with E-state index in [1.807, 2.05) is 24.4 Å². The molecule has 0 unspecified atom stereocenters. The minimum atomic E-state index is -2.18. The van der Waals surface area contributed by atoms with Crippen molar-refractivity contribution in [1.29, 1.82) is 0 Å². The summed E-state index contributed by atoms with van der Waals surface area (Å²) in [6.45, 7) is -4.34. The fraction of sp³-hybridized carbons (Fsp3) is 0.0526. The van der Waals surface area contributed by atoms with Crippen molar-refractivity contribution in [2.24, 2.45) is 0 Å². The Morgan fingerprint density at radius 3 is 1.93 bits per heavy atom. The maximum Gasteiger partial charge on any atom is 0.0280 e. The molecule has 0 aliphatic carbocycles. The Hall–Kier alpha value is -4.43. The SMILES string of the molecule is [2H]C([2H])([2H])c1c[c-]c(-c2ccc(C([2H])([2H])[2H])cn2)cc1.[Ir].[c-]1cc(-c2cc3ccccc3c3ccccc23)ccc1-c1ccccn1. The molecule has 0 spiro atoms. The maximum atomic E-state index is 7.28. The molecule has 0 saturated heterocycles. The molecule has 0 atom stereocenters. The minimum Gasteiger partial charge on any atom is -0.305 e. The average molecular weight is 711 g/mol. The van der Waals surface area contributed by atoms with Crippen LogP contribution >= 0.6 is 0 Å². The van der Waals surface area contributed by atoms with Crippen molar-refractivity contribution in [3.05, 3.63) is 157 Å². The second kappa shape index (κ2) is 12.8. The third kappa shape index (κ3) is 6.33. The first-order valence-electron chi connectivity index (χ1n) is 15.9. The van der Waals surface area contributed by atoms with Crippen LogP contribution in [-0.2, 0) is 20.1 Å². The molecule has 2 heterocycles. The topological polar surface area (TPSA) is 25.8 Å². The van der Waals surface area contributed by atoms with Crippen molar-refractivity contribution in [3.8, 4) is 33.6 Å². The van der Waals surface area contributed by atoms with Gasteiger partial charge in [-0.15, -0.1) is 65.2 Å². The van der Waals surface area contributed by atoms with Crippen molar-refractivity contribution in [3.63, 3.8) is 0 Å². The molecule has 1 radical (unpaired) electrons. The zero-order valence-corrected chi connectivity index (χ0v) is 24.3. The molecule has 2 aromatic heterocycles. The molecule has 201 valence electrons. The van der Waals surface area contributed by atoms with E-state index in [9.17, 15) is 0 Å². The molecule has 0 aliphatic rings. The standard InChI is InChI=1S/C25H16N.C13H12N.Ir/c1-2-8-21-20(7-1)17-24(23-10-4-3-9-22(21)23)18-12-14-19(15-13-18)25-11-5-6-16-26-25;1-10-3-6-12(7-4-10)13-8-5-11(2)9-14-13;/h1-14,16-17H;3-6,8-9H,1-2H3;/q2*-1;/i;1D3,2D3;. The summed E-state index contributed by atoms with van der Waals surface area (Å²) in [6.07, 6.45) is 3.11. The van der Waals surface area contributed by atoms with E-state index in [1.54, 1.807) is 12.1 Å². The van der Waals surface area contributed by atoms with E-state index in [-0.39, 0.29) is 31.2 Å². The van der Waals surface area contributed by atoms with Gasteiger partial charge in [-0.2, -0.15) is 0 Å².